The third kappa shape index (κ3) is 8.21. The zero-order valence-corrected chi connectivity index (χ0v) is 36.9. The van der Waals surface area contributed by atoms with Crippen molar-refractivity contribution < 1.29 is 0 Å². The standard InChI is InChI=1S/C63H41N5/c1-5-19-44(20-6-1)56-38-53(39-57(64-56)45-21-7-2-8-22-45)52-35-54(60-40-58(46-23-9-3-10-24-46)65-62(67-60)50-31-29-42-17-13-15-27-48(42)33-50)37-55(36-52)61-41-59(47-25-11-4-12-26-47)66-63(68-61)51-32-30-43-18-14-16-28-49(43)34-51/h1-41H. The Morgan fingerprint density at radius 1 is 0.162 bits per heavy atom. The quantitative estimate of drug-likeness (QED) is 0.145. The smallest absolute Gasteiger partial charge is 0.160 e. The van der Waals surface area contributed by atoms with E-state index in [0.29, 0.717) is 11.6 Å². The van der Waals surface area contributed by atoms with E-state index >= 15 is 0 Å². The lowest BCUT2D eigenvalue weighted by Crippen LogP contribution is -1.98. The summed E-state index contributed by atoms with van der Waals surface area (Å²) in [7, 11) is 0. The van der Waals surface area contributed by atoms with Crippen LogP contribution in [0.5, 0.6) is 0 Å². The largest absolute Gasteiger partial charge is 0.248 e. The summed E-state index contributed by atoms with van der Waals surface area (Å²) in [5.74, 6) is 1.29. The number of hydrogen-bond acceptors (Lipinski definition) is 5. The van der Waals surface area contributed by atoms with Gasteiger partial charge in [0.05, 0.1) is 34.2 Å². The summed E-state index contributed by atoms with van der Waals surface area (Å²) in [6.07, 6.45) is 0. The number of aromatic nitrogens is 5. The maximum Gasteiger partial charge on any atom is 0.160 e. The van der Waals surface area contributed by atoms with Crippen molar-refractivity contribution >= 4 is 21.5 Å². The first kappa shape index (κ1) is 40.3. The summed E-state index contributed by atoms with van der Waals surface area (Å²) in [4.78, 5) is 26.5. The van der Waals surface area contributed by atoms with Crippen LogP contribution < -0.4 is 0 Å². The molecule has 318 valence electrons. The van der Waals surface area contributed by atoms with Gasteiger partial charge in [0.25, 0.3) is 0 Å². The molecule has 0 saturated heterocycles. The second-order valence-electron chi connectivity index (χ2n) is 16.9. The average molecular weight is 868 g/mol. The number of pyridine rings is 1. The van der Waals surface area contributed by atoms with E-state index in [1.807, 2.05) is 24.3 Å². The first-order chi connectivity index (χ1) is 33.6. The zero-order valence-electron chi connectivity index (χ0n) is 36.9. The normalized spacial score (nSPS) is 11.2. The molecule has 9 aromatic carbocycles. The Kier molecular flexibility index (Phi) is 10.5. The summed E-state index contributed by atoms with van der Waals surface area (Å²) in [6, 6.07) is 86.4. The molecule has 0 amide bonds. The topological polar surface area (TPSA) is 64.5 Å². The predicted molar refractivity (Wildman–Crippen MR) is 279 cm³/mol. The lowest BCUT2D eigenvalue weighted by Gasteiger charge is -2.15. The van der Waals surface area contributed by atoms with Gasteiger partial charge in [0.15, 0.2) is 11.6 Å². The van der Waals surface area contributed by atoms with Gasteiger partial charge >= 0.3 is 0 Å². The molecule has 0 saturated carbocycles. The lowest BCUT2D eigenvalue weighted by molar-refractivity contribution is 1.18. The molecule has 68 heavy (non-hydrogen) atoms. The van der Waals surface area contributed by atoms with Crippen LogP contribution in [-0.2, 0) is 0 Å². The van der Waals surface area contributed by atoms with E-state index in [1.165, 1.54) is 0 Å². The molecule has 3 aromatic heterocycles. The van der Waals surface area contributed by atoms with Gasteiger partial charge < -0.3 is 0 Å². The van der Waals surface area contributed by atoms with E-state index in [9.17, 15) is 0 Å². The Morgan fingerprint density at radius 3 is 0.838 bits per heavy atom. The van der Waals surface area contributed by atoms with Gasteiger partial charge in [-0.3, -0.25) is 0 Å². The molecule has 0 aliphatic carbocycles. The molecule has 12 rings (SSSR count). The average Bonchev–Trinajstić information content (AvgIpc) is 3.43. The van der Waals surface area contributed by atoms with Crippen LogP contribution in [0.1, 0.15) is 0 Å². The van der Waals surface area contributed by atoms with Gasteiger partial charge in [-0.2, -0.15) is 0 Å². The Morgan fingerprint density at radius 2 is 0.456 bits per heavy atom. The van der Waals surface area contributed by atoms with Crippen molar-refractivity contribution in [3.63, 3.8) is 0 Å². The molecular weight excluding hydrogens is 827 g/mol. The predicted octanol–water partition coefficient (Wildman–Crippen LogP) is 16.0. The zero-order chi connectivity index (χ0) is 45.2. The van der Waals surface area contributed by atoms with Gasteiger partial charge in [-0.05, 0) is 87.3 Å². The van der Waals surface area contributed by atoms with Gasteiger partial charge in [0, 0.05) is 44.5 Å². The maximum atomic E-state index is 5.41. The van der Waals surface area contributed by atoms with Gasteiger partial charge in [-0.25, -0.2) is 24.9 Å². The Balaban J connectivity index is 1.12. The molecule has 0 bridgehead atoms. The van der Waals surface area contributed by atoms with Gasteiger partial charge in [0.1, 0.15) is 0 Å². The molecule has 0 spiro atoms. The molecule has 5 nitrogen and oxygen atoms in total. The highest BCUT2D eigenvalue weighted by Gasteiger charge is 2.18. The van der Waals surface area contributed by atoms with Gasteiger partial charge in [0.2, 0.25) is 0 Å². The van der Waals surface area contributed by atoms with E-state index in [4.69, 9.17) is 24.9 Å². The molecule has 3 heterocycles. The Bertz CT molecular complexity index is 3540. The fourth-order valence-electron chi connectivity index (χ4n) is 8.92. The molecule has 0 aliphatic rings. The van der Waals surface area contributed by atoms with Crippen LogP contribution in [0.25, 0.3) is 123 Å². The molecule has 0 unspecified atom stereocenters. The van der Waals surface area contributed by atoms with Crippen molar-refractivity contribution in [3.8, 4) is 101 Å². The number of nitrogens with zero attached hydrogens (tertiary/aromatic N) is 5. The van der Waals surface area contributed by atoms with E-state index in [1.54, 1.807) is 0 Å². The van der Waals surface area contributed by atoms with Crippen LogP contribution in [0.2, 0.25) is 0 Å². The van der Waals surface area contributed by atoms with E-state index in [2.05, 4.69) is 224 Å². The molecule has 12 aromatic rings. The summed E-state index contributed by atoms with van der Waals surface area (Å²) >= 11 is 0. The fraction of sp³-hybridized carbons (Fsp3) is 0. The number of hydrogen-bond donors (Lipinski definition) is 0. The fourth-order valence-corrected chi connectivity index (χ4v) is 8.92. The molecule has 0 N–H and O–H groups in total. The van der Waals surface area contributed by atoms with Crippen molar-refractivity contribution in [1.29, 1.82) is 0 Å². The molecule has 5 heteroatoms. The van der Waals surface area contributed by atoms with Crippen molar-refractivity contribution in [2.75, 3.05) is 0 Å². The first-order valence-electron chi connectivity index (χ1n) is 22.8. The third-order valence-electron chi connectivity index (χ3n) is 12.4. The second kappa shape index (κ2) is 17.7. The highest BCUT2D eigenvalue weighted by molar-refractivity contribution is 5.90. The highest BCUT2D eigenvalue weighted by atomic mass is 14.9. The van der Waals surface area contributed by atoms with Crippen LogP contribution in [0, 0.1) is 0 Å². The third-order valence-corrected chi connectivity index (χ3v) is 12.4. The molecule has 0 aliphatic heterocycles. The summed E-state index contributed by atoms with van der Waals surface area (Å²) < 4.78 is 0. The van der Waals surface area contributed by atoms with Crippen LogP contribution >= 0.6 is 0 Å². The van der Waals surface area contributed by atoms with E-state index in [-0.39, 0.29) is 0 Å². The minimum absolute atomic E-state index is 0.646. The highest BCUT2D eigenvalue weighted by Crippen LogP contribution is 2.38. The van der Waals surface area contributed by atoms with Crippen LogP contribution in [0.15, 0.2) is 249 Å². The van der Waals surface area contributed by atoms with Crippen molar-refractivity contribution in [1.82, 2.24) is 24.9 Å². The Labute approximate surface area is 394 Å². The van der Waals surface area contributed by atoms with Crippen LogP contribution in [0.3, 0.4) is 0 Å². The maximum absolute atomic E-state index is 5.41. The van der Waals surface area contributed by atoms with Gasteiger partial charge in [-0.1, -0.05) is 194 Å². The second-order valence-corrected chi connectivity index (χ2v) is 16.9. The number of fused-ring (bicyclic) bond motifs is 2. The first-order valence-corrected chi connectivity index (χ1v) is 22.8. The van der Waals surface area contributed by atoms with Crippen LogP contribution in [-0.4, -0.2) is 24.9 Å². The molecule has 0 radical (unpaired) electrons. The number of benzene rings is 9. The summed E-state index contributed by atoms with van der Waals surface area (Å²) in [6.45, 7) is 0. The van der Waals surface area contributed by atoms with E-state index < -0.39 is 0 Å². The minimum atomic E-state index is 0.646. The summed E-state index contributed by atoms with van der Waals surface area (Å²) in [5.41, 5.74) is 14.8. The van der Waals surface area contributed by atoms with Crippen molar-refractivity contribution in [3.05, 3.63) is 249 Å². The molecule has 0 fully saturated rings. The number of rotatable bonds is 9. The molecular formula is C63H41N5. The SMILES string of the molecule is c1ccc(-c2cc(-c3cc(-c4cc(-c5ccccc5)nc(-c5ccc6ccccc6c5)n4)cc(-c4cc(-c5ccccc5)nc(-c5ccc6ccccc6c5)n4)c3)cc(-c3ccccc3)n2)cc1. The lowest BCUT2D eigenvalue weighted by atomic mass is 9.94. The Hall–Kier alpha value is -9.19. The van der Waals surface area contributed by atoms with Crippen molar-refractivity contribution in [2.24, 2.45) is 0 Å². The summed E-state index contributed by atoms with van der Waals surface area (Å²) in [5, 5.41) is 4.59. The van der Waals surface area contributed by atoms with Crippen molar-refractivity contribution in [2.45, 2.75) is 0 Å². The van der Waals surface area contributed by atoms with Gasteiger partial charge in [-0.15, -0.1) is 0 Å². The van der Waals surface area contributed by atoms with E-state index in [0.717, 1.165) is 111 Å². The molecule has 0 atom stereocenters. The minimum Gasteiger partial charge on any atom is -0.248 e. The monoisotopic (exact) mass is 867 g/mol. The van der Waals surface area contributed by atoms with Crippen LogP contribution in [0.4, 0.5) is 0 Å².